The van der Waals surface area contributed by atoms with Gasteiger partial charge < -0.3 is 16.0 Å². The minimum absolute atomic E-state index is 0.466. The van der Waals surface area contributed by atoms with Gasteiger partial charge in [0.05, 0.1) is 6.54 Å². The van der Waals surface area contributed by atoms with E-state index in [1.165, 1.54) is 11.1 Å². The summed E-state index contributed by atoms with van der Waals surface area (Å²) in [6, 6.07) is 10.7. The van der Waals surface area contributed by atoms with E-state index in [9.17, 15) is 13.6 Å². The molecule has 148 valence electrons. The molecule has 1 atom stereocenters. The fourth-order valence-corrected chi connectivity index (χ4v) is 3.84. The summed E-state index contributed by atoms with van der Waals surface area (Å²) in [7, 11) is 0. The van der Waals surface area contributed by atoms with Crippen LogP contribution in [-0.4, -0.2) is 18.9 Å². The molecule has 1 heterocycles. The van der Waals surface area contributed by atoms with Crippen LogP contribution in [0, 0.1) is 0 Å². The molecule has 1 fully saturated rings. The lowest BCUT2D eigenvalue weighted by Crippen LogP contribution is -2.36. The number of carbonyl (C=O) groups is 1. The molecule has 0 unspecified atom stereocenters. The summed E-state index contributed by atoms with van der Waals surface area (Å²) in [5.41, 5.74) is 4.94. The number of alkyl halides is 2. The molecular formula is C21H22ClF2N3O. The van der Waals surface area contributed by atoms with Crippen molar-refractivity contribution >= 4 is 23.2 Å². The molecule has 0 aromatic heterocycles. The zero-order valence-corrected chi connectivity index (χ0v) is 16.0. The number of halogens is 3. The number of nitrogens with one attached hydrogen (secondary N) is 3. The van der Waals surface area contributed by atoms with Crippen molar-refractivity contribution in [3.05, 3.63) is 63.7 Å². The third-order valence-electron chi connectivity index (χ3n) is 5.17. The van der Waals surface area contributed by atoms with Gasteiger partial charge in [-0.25, -0.2) is 8.78 Å². The monoisotopic (exact) mass is 405 g/mol. The standard InChI is InChI=1S/C21H22ClF2N3O/c22-17-6-14(12-1-2-12)5-15(7-17)20(21(28)26-11-19(23)24)27-18-4-3-13-9-25-10-16(13)8-18/h3-8,12,19-20,25,27H,1-2,9-11H2,(H,26,28)/t20-/m1/s1. The summed E-state index contributed by atoms with van der Waals surface area (Å²) in [5.74, 6) is -0.0313. The average molecular weight is 406 g/mol. The maximum absolute atomic E-state index is 12.7. The molecule has 2 aromatic carbocycles. The molecule has 28 heavy (non-hydrogen) atoms. The average Bonchev–Trinajstić information content (AvgIpc) is 3.41. The first kappa shape index (κ1) is 19.2. The van der Waals surface area contributed by atoms with Gasteiger partial charge in [-0.1, -0.05) is 23.7 Å². The highest BCUT2D eigenvalue weighted by Gasteiger charge is 2.27. The highest BCUT2D eigenvalue weighted by molar-refractivity contribution is 6.30. The van der Waals surface area contributed by atoms with Crippen molar-refractivity contribution in [1.29, 1.82) is 0 Å². The van der Waals surface area contributed by atoms with Crippen molar-refractivity contribution < 1.29 is 13.6 Å². The van der Waals surface area contributed by atoms with Crippen LogP contribution >= 0.6 is 11.6 Å². The Morgan fingerprint density at radius 1 is 1.14 bits per heavy atom. The van der Waals surface area contributed by atoms with Gasteiger partial charge >= 0.3 is 0 Å². The summed E-state index contributed by atoms with van der Waals surface area (Å²) in [4.78, 5) is 12.7. The second-order valence-electron chi connectivity index (χ2n) is 7.39. The molecule has 4 nitrogen and oxygen atoms in total. The minimum Gasteiger partial charge on any atom is -0.370 e. The van der Waals surface area contributed by atoms with Crippen LogP contribution in [0.5, 0.6) is 0 Å². The van der Waals surface area contributed by atoms with Crippen LogP contribution in [0.15, 0.2) is 36.4 Å². The van der Waals surface area contributed by atoms with E-state index in [2.05, 4.69) is 16.0 Å². The van der Waals surface area contributed by atoms with E-state index in [1.54, 1.807) is 6.07 Å². The Balaban J connectivity index is 1.63. The van der Waals surface area contributed by atoms with E-state index < -0.39 is 24.9 Å². The fraction of sp³-hybridized carbons (Fsp3) is 0.381. The van der Waals surface area contributed by atoms with Crippen molar-refractivity contribution in [2.45, 2.75) is 44.3 Å². The highest BCUT2D eigenvalue weighted by atomic mass is 35.5. The Kier molecular flexibility index (Phi) is 5.51. The van der Waals surface area contributed by atoms with Gasteiger partial charge in [-0.15, -0.1) is 0 Å². The smallest absolute Gasteiger partial charge is 0.255 e. The van der Waals surface area contributed by atoms with Gasteiger partial charge in [0.1, 0.15) is 6.04 Å². The van der Waals surface area contributed by atoms with E-state index in [1.807, 2.05) is 30.3 Å². The third kappa shape index (κ3) is 4.45. The second-order valence-corrected chi connectivity index (χ2v) is 7.83. The van der Waals surface area contributed by atoms with E-state index in [0.29, 0.717) is 16.5 Å². The molecule has 7 heteroatoms. The largest absolute Gasteiger partial charge is 0.370 e. The number of carbonyl (C=O) groups excluding carboxylic acids is 1. The Labute approximate surface area is 167 Å². The zero-order valence-electron chi connectivity index (χ0n) is 15.3. The van der Waals surface area contributed by atoms with Gasteiger partial charge in [0.15, 0.2) is 0 Å². The Hall–Kier alpha value is -2.18. The van der Waals surface area contributed by atoms with Crippen LogP contribution < -0.4 is 16.0 Å². The summed E-state index contributed by atoms with van der Waals surface area (Å²) in [6.45, 7) is 0.921. The quantitative estimate of drug-likeness (QED) is 0.641. The summed E-state index contributed by atoms with van der Waals surface area (Å²) in [5, 5.41) is 9.38. The lowest BCUT2D eigenvalue weighted by molar-refractivity contribution is -0.122. The summed E-state index contributed by atoms with van der Waals surface area (Å²) < 4.78 is 25.2. The fourth-order valence-electron chi connectivity index (χ4n) is 3.59. The van der Waals surface area contributed by atoms with Gasteiger partial charge in [0.25, 0.3) is 6.43 Å². The van der Waals surface area contributed by atoms with Crippen molar-refractivity contribution in [2.24, 2.45) is 0 Å². The maximum Gasteiger partial charge on any atom is 0.255 e. The van der Waals surface area contributed by atoms with Crippen molar-refractivity contribution in [1.82, 2.24) is 10.6 Å². The molecule has 0 bridgehead atoms. The first-order valence-electron chi connectivity index (χ1n) is 9.45. The van der Waals surface area contributed by atoms with Crippen LogP contribution in [0.2, 0.25) is 5.02 Å². The predicted molar refractivity (Wildman–Crippen MR) is 106 cm³/mol. The van der Waals surface area contributed by atoms with Gasteiger partial charge in [-0.3, -0.25) is 4.79 Å². The molecular weight excluding hydrogens is 384 g/mol. The number of rotatable bonds is 7. The molecule has 1 aliphatic heterocycles. The molecule has 1 saturated carbocycles. The van der Waals surface area contributed by atoms with E-state index in [-0.39, 0.29) is 0 Å². The van der Waals surface area contributed by atoms with Crippen LogP contribution in [-0.2, 0) is 17.9 Å². The summed E-state index contributed by atoms with van der Waals surface area (Å²) >= 11 is 6.29. The molecule has 0 spiro atoms. The molecule has 1 aliphatic carbocycles. The number of hydrogen-bond donors (Lipinski definition) is 3. The van der Waals surface area contributed by atoms with E-state index in [4.69, 9.17) is 11.6 Å². The minimum atomic E-state index is -2.60. The lowest BCUT2D eigenvalue weighted by atomic mass is 10.00. The Morgan fingerprint density at radius 2 is 1.93 bits per heavy atom. The highest BCUT2D eigenvalue weighted by Crippen LogP contribution is 2.42. The van der Waals surface area contributed by atoms with Crippen LogP contribution in [0.3, 0.4) is 0 Å². The molecule has 4 rings (SSSR count). The topological polar surface area (TPSA) is 53.2 Å². The van der Waals surface area contributed by atoms with Crippen LogP contribution in [0.25, 0.3) is 0 Å². The first-order valence-corrected chi connectivity index (χ1v) is 9.82. The lowest BCUT2D eigenvalue weighted by Gasteiger charge is -2.21. The normalized spacial score (nSPS) is 16.7. The van der Waals surface area contributed by atoms with Crippen molar-refractivity contribution in [3.8, 4) is 0 Å². The summed E-state index contributed by atoms with van der Waals surface area (Å²) in [6.07, 6.45) is -0.391. The molecule has 2 aromatic rings. The third-order valence-corrected chi connectivity index (χ3v) is 5.38. The van der Waals surface area contributed by atoms with Gasteiger partial charge in [0.2, 0.25) is 5.91 Å². The van der Waals surface area contributed by atoms with E-state index >= 15 is 0 Å². The number of anilines is 1. The number of hydrogen-bond acceptors (Lipinski definition) is 3. The van der Waals surface area contributed by atoms with Gasteiger partial charge in [-0.2, -0.15) is 0 Å². The molecule has 1 amide bonds. The Bertz CT molecular complexity index is 886. The molecule has 2 aliphatic rings. The SMILES string of the molecule is O=C(NCC(F)F)[C@H](Nc1ccc2c(c1)CNC2)c1cc(Cl)cc(C2CC2)c1. The molecule has 0 saturated heterocycles. The van der Waals surface area contributed by atoms with Gasteiger partial charge in [0, 0.05) is 23.8 Å². The van der Waals surface area contributed by atoms with Crippen LogP contribution in [0.1, 0.15) is 47.1 Å². The first-order chi connectivity index (χ1) is 13.5. The zero-order chi connectivity index (χ0) is 19.7. The predicted octanol–water partition coefficient (Wildman–Crippen LogP) is 4.36. The van der Waals surface area contributed by atoms with Crippen molar-refractivity contribution in [3.63, 3.8) is 0 Å². The van der Waals surface area contributed by atoms with Gasteiger partial charge in [-0.05, 0) is 65.3 Å². The number of benzene rings is 2. The molecule has 0 radical (unpaired) electrons. The molecule has 3 N–H and O–H groups in total. The van der Waals surface area contributed by atoms with E-state index in [0.717, 1.165) is 37.2 Å². The van der Waals surface area contributed by atoms with Crippen molar-refractivity contribution in [2.75, 3.05) is 11.9 Å². The number of amides is 1. The second kappa shape index (κ2) is 8.05. The number of fused-ring (bicyclic) bond motifs is 1. The van der Waals surface area contributed by atoms with Crippen LogP contribution in [0.4, 0.5) is 14.5 Å². The maximum atomic E-state index is 12.7. The Morgan fingerprint density at radius 3 is 2.68 bits per heavy atom.